The molecule has 1 aromatic rings. The van der Waals surface area contributed by atoms with Gasteiger partial charge in [-0.1, -0.05) is 11.6 Å². The molecule has 100 valence electrons. The zero-order valence-electron chi connectivity index (χ0n) is 10.8. The lowest BCUT2D eigenvalue weighted by atomic mass is 9.96. The van der Waals surface area contributed by atoms with E-state index in [4.69, 9.17) is 21.1 Å². The number of halogens is 1. The first-order valence-electron chi connectivity index (χ1n) is 6.16. The van der Waals surface area contributed by atoms with Crippen LogP contribution in [0.3, 0.4) is 0 Å². The fourth-order valence-corrected chi connectivity index (χ4v) is 2.58. The summed E-state index contributed by atoms with van der Waals surface area (Å²) < 4.78 is 10.7. The van der Waals surface area contributed by atoms with Crippen molar-refractivity contribution in [3.63, 3.8) is 0 Å². The Morgan fingerprint density at radius 1 is 1.28 bits per heavy atom. The zero-order chi connectivity index (χ0) is 13.0. The highest BCUT2D eigenvalue weighted by Crippen LogP contribution is 2.26. The van der Waals surface area contributed by atoms with Crippen LogP contribution in [0.25, 0.3) is 0 Å². The number of anilines is 1. The van der Waals surface area contributed by atoms with Crippen LogP contribution in [0.5, 0.6) is 0 Å². The first kappa shape index (κ1) is 13.6. The summed E-state index contributed by atoms with van der Waals surface area (Å²) in [7, 11) is 3.40. The van der Waals surface area contributed by atoms with E-state index in [-0.39, 0.29) is 6.29 Å². The van der Waals surface area contributed by atoms with E-state index in [1.165, 1.54) is 0 Å². The van der Waals surface area contributed by atoms with Crippen LogP contribution in [-0.2, 0) is 9.47 Å². The molecule has 5 heteroatoms. The molecular formula is C13H19ClN2O2. The van der Waals surface area contributed by atoms with Gasteiger partial charge in [-0.15, -0.1) is 0 Å². The first-order chi connectivity index (χ1) is 8.74. The van der Waals surface area contributed by atoms with Gasteiger partial charge >= 0.3 is 0 Å². The van der Waals surface area contributed by atoms with E-state index in [1.54, 1.807) is 14.2 Å². The van der Waals surface area contributed by atoms with E-state index < -0.39 is 0 Å². The summed E-state index contributed by atoms with van der Waals surface area (Å²) in [5.41, 5.74) is 1.13. The molecule has 1 aliphatic rings. The van der Waals surface area contributed by atoms with Gasteiger partial charge in [-0.05, 0) is 25.0 Å². The van der Waals surface area contributed by atoms with Crippen molar-refractivity contribution in [3.05, 3.63) is 23.5 Å². The minimum atomic E-state index is -0.0875. The number of pyridine rings is 1. The van der Waals surface area contributed by atoms with Crippen molar-refractivity contribution in [2.45, 2.75) is 19.1 Å². The van der Waals surface area contributed by atoms with Crippen LogP contribution >= 0.6 is 11.6 Å². The van der Waals surface area contributed by atoms with E-state index in [0.29, 0.717) is 11.1 Å². The van der Waals surface area contributed by atoms with Crippen molar-refractivity contribution in [2.75, 3.05) is 32.2 Å². The second-order valence-corrected chi connectivity index (χ2v) is 4.89. The lowest BCUT2D eigenvalue weighted by Gasteiger charge is -2.35. The predicted octanol–water partition coefficient (Wildman–Crippen LogP) is 2.57. The number of piperidine rings is 1. The smallest absolute Gasteiger partial charge is 0.159 e. The molecule has 1 saturated heterocycles. The molecule has 2 heterocycles. The Kier molecular flexibility index (Phi) is 4.80. The molecule has 0 N–H and O–H groups in total. The third kappa shape index (κ3) is 3.13. The zero-order valence-corrected chi connectivity index (χ0v) is 11.6. The van der Waals surface area contributed by atoms with Gasteiger partial charge in [-0.25, -0.2) is 4.98 Å². The summed E-state index contributed by atoms with van der Waals surface area (Å²) in [6.45, 7) is 1.99. The van der Waals surface area contributed by atoms with Crippen molar-refractivity contribution in [1.29, 1.82) is 0 Å². The fourth-order valence-electron chi connectivity index (χ4n) is 2.47. The summed E-state index contributed by atoms with van der Waals surface area (Å²) >= 11 is 5.79. The molecular weight excluding hydrogens is 252 g/mol. The maximum atomic E-state index is 5.79. The highest BCUT2D eigenvalue weighted by molar-refractivity contribution is 6.29. The quantitative estimate of drug-likeness (QED) is 0.622. The van der Waals surface area contributed by atoms with Crippen LogP contribution in [0, 0.1) is 5.92 Å². The third-order valence-electron chi connectivity index (χ3n) is 3.47. The van der Waals surface area contributed by atoms with Gasteiger partial charge in [-0.3, -0.25) is 0 Å². The monoisotopic (exact) mass is 270 g/mol. The summed E-state index contributed by atoms with van der Waals surface area (Å²) in [6.07, 6.45) is 3.87. The Hall–Kier alpha value is -0.840. The topological polar surface area (TPSA) is 34.6 Å². The fraction of sp³-hybridized carbons (Fsp3) is 0.615. The molecule has 1 aromatic heterocycles. The van der Waals surface area contributed by atoms with E-state index in [1.807, 2.05) is 18.3 Å². The minimum Gasteiger partial charge on any atom is -0.370 e. The Balaban J connectivity index is 1.92. The van der Waals surface area contributed by atoms with Gasteiger partial charge in [-0.2, -0.15) is 0 Å². The number of hydrogen-bond donors (Lipinski definition) is 0. The molecule has 0 aliphatic carbocycles. The molecule has 0 bridgehead atoms. The highest BCUT2D eigenvalue weighted by atomic mass is 35.5. The van der Waals surface area contributed by atoms with Crippen LogP contribution in [0.15, 0.2) is 18.3 Å². The molecule has 1 aliphatic heterocycles. The van der Waals surface area contributed by atoms with Crippen molar-refractivity contribution in [1.82, 2.24) is 4.98 Å². The third-order valence-corrected chi connectivity index (χ3v) is 3.69. The van der Waals surface area contributed by atoms with Gasteiger partial charge in [0.1, 0.15) is 5.15 Å². The summed E-state index contributed by atoms with van der Waals surface area (Å²) in [6, 6.07) is 3.84. The van der Waals surface area contributed by atoms with Crippen LogP contribution in [0.4, 0.5) is 5.69 Å². The van der Waals surface area contributed by atoms with Crippen molar-refractivity contribution in [3.8, 4) is 0 Å². The average Bonchev–Trinajstić information content (AvgIpc) is 2.42. The van der Waals surface area contributed by atoms with E-state index in [0.717, 1.165) is 31.6 Å². The van der Waals surface area contributed by atoms with Crippen molar-refractivity contribution >= 4 is 17.3 Å². The average molecular weight is 271 g/mol. The van der Waals surface area contributed by atoms with E-state index in [2.05, 4.69) is 9.88 Å². The number of hydrogen-bond acceptors (Lipinski definition) is 4. The number of rotatable bonds is 4. The van der Waals surface area contributed by atoms with Crippen LogP contribution < -0.4 is 4.90 Å². The maximum absolute atomic E-state index is 5.79. The molecule has 0 amide bonds. The Labute approximate surface area is 113 Å². The summed E-state index contributed by atoms with van der Waals surface area (Å²) in [5, 5.41) is 0.535. The van der Waals surface area contributed by atoms with Crippen LogP contribution in [-0.4, -0.2) is 38.6 Å². The number of methoxy groups -OCH3 is 2. The van der Waals surface area contributed by atoms with Gasteiger partial charge in [0.15, 0.2) is 6.29 Å². The van der Waals surface area contributed by atoms with Crippen LogP contribution in [0.2, 0.25) is 5.15 Å². The van der Waals surface area contributed by atoms with Gasteiger partial charge in [0, 0.05) is 33.2 Å². The molecule has 2 rings (SSSR count). The molecule has 0 radical (unpaired) electrons. The molecule has 0 atom stereocenters. The van der Waals surface area contributed by atoms with E-state index in [9.17, 15) is 0 Å². The Morgan fingerprint density at radius 2 is 1.94 bits per heavy atom. The molecule has 18 heavy (non-hydrogen) atoms. The second-order valence-electron chi connectivity index (χ2n) is 4.50. The standard InChI is InChI=1S/C13H19ClN2O2/c1-17-13(18-2)10-5-7-16(8-6-10)11-3-4-12(14)15-9-11/h3-4,9-10,13H,5-8H2,1-2H3. The number of nitrogens with zero attached hydrogens (tertiary/aromatic N) is 2. The number of ether oxygens (including phenoxy) is 2. The SMILES string of the molecule is COC(OC)C1CCN(c2ccc(Cl)nc2)CC1. The van der Waals surface area contributed by atoms with Gasteiger partial charge in [0.2, 0.25) is 0 Å². The van der Waals surface area contributed by atoms with E-state index >= 15 is 0 Å². The lowest BCUT2D eigenvalue weighted by Crippen LogP contribution is -2.39. The molecule has 0 unspecified atom stereocenters. The molecule has 0 saturated carbocycles. The lowest BCUT2D eigenvalue weighted by molar-refractivity contribution is -0.141. The van der Waals surface area contributed by atoms with Gasteiger partial charge < -0.3 is 14.4 Å². The largest absolute Gasteiger partial charge is 0.370 e. The molecule has 1 fully saturated rings. The number of aromatic nitrogens is 1. The van der Waals surface area contributed by atoms with Crippen LogP contribution in [0.1, 0.15) is 12.8 Å². The second kappa shape index (κ2) is 6.36. The van der Waals surface area contributed by atoms with Crippen molar-refractivity contribution < 1.29 is 9.47 Å². The molecule has 0 aromatic carbocycles. The molecule has 0 spiro atoms. The summed E-state index contributed by atoms with van der Waals surface area (Å²) in [4.78, 5) is 6.44. The van der Waals surface area contributed by atoms with Gasteiger partial charge in [0.25, 0.3) is 0 Å². The first-order valence-corrected chi connectivity index (χ1v) is 6.54. The summed E-state index contributed by atoms with van der Waals surface area (Å²) in [5.74, 6) is 0.469. The normalized spacial score (nSPS) is 17.4. The Morgan fingerprint density at radius 3 is 2.44 bits per heavy atom. The van der Waals surface area contributed by atoms with Gasteiger partial charge in [0.05, 0.1) is 11.9 Å². The molecule has 4 nitrogen and oxygen atoms in total. The minimum absolute atomic E-state index is 0.0875. The van der Waals surface area contributed by atoms with Crippen molar-refractivity contribution in [2.24, 2.45) is 5.92 Å². The maximum Gasteiger partial charge on any atom is 0.159 e. The Bertz CT molecular complexity index is 360. The highest BCUT2D eigenvalue weighted by Gasteiger charge is 2.26. The predicted molar refractivity (Wildman–Crippen MR) is 72.0 cm³/mol.